The largest absolute Gasteiger partial charge is 0.493 e. The standard InChI is InChI=1S/C17H18N2O3/c20-11-13-5-7-18-10-15(13)19-17(21)9-12-6-8-22-16-4-2-1-3-14(12)16/h1-5,7,10,12,20H,6,8-9,11H2,(H,19,21). The van der Waals surface area contributed by atoms with Crippen LogP contribution in [-0.2, 0) is 11.4 Å². The van der Waals surface area contributed by atoms with Gasteiger partial charge in [0.2, 0.25) is 5.91 Å². The molecule has 5 heteroatoms. The summed E-state index contributed by atoms with van der Waals surface area (Å²) in [6.45, 7) is 0.502. The number of para-hydroxylation sites is 1. The molecule has 2 aromatic rings. The van der Waals surface area contributed by atoms with Crippen LogP contribution in [0.25, 0.3) is 0 Å². The van der Waals surface area contributed by atoms with Gasteiger partial charge in [-0.05, 0) is 30.0 Å². The first kappa shape index (κ1) is 14.5. The van der Waals surface area contributed by atoms with Gasteiger partial charge >= 0.3 is 0 Å². The molecule has 114 valence electrons. The van der Waals surface area contributed by atoms with Crippen LogP contribution in [0.1, 0.15) is 29.9 Å². The second-order valence-corrected chi connectivity index (χ2v) is 5.32. The number of fused-ring (bicyclic) bond motifs is 1. The Morgan fingerprint density at radius 2 is 2.23 bits per heavy atom. The van der Waals surface area contributed by atoms with Crippen LogP contribution >= 0.6 is 0 Å². The van der Waals surface area contributed by atoms with Crippen LogP contribution in [0.15, 0.2) is 42.7 Å². The van der Waals surface area contributed by atoms with Crippen molar-refractivity contribution >= 4 is 11.6 Å². The molecule has 0 radical (unpaired) electrons. The molecule has 1 unspecified atom stereocenters. The number of benzene rings is 1. The number of ether oxygens (including phenoxy) is 1. The second kappa shape index (κ2) is 6.58. The van der Waals surface area contributed by atoms with Gasteiger partial charge in [0.05, 0.1) is 25.1 Å². The molecule has 1 aromatic carbocycles. The lowest BCUT2D eigenvalue weighted by molar-refractivity contribution is -0.116. The Labute approximate surface area is 129 Å². The summed E-state index contributed by atoms with van der Waals surface area (Å²) in [7, 11) is 0. The van der Waals surface area contributed by atoms with Gasteiger partial charge in [0.25, 0.3) is 0 Å². The lowest BCUT2D eigenvalue weighted by atomic mass is 9.90. The van der Waals surface area contributed by atoms with Crippen LogP contribution in [-0.4, -0.2) is 22.6 Å². The number of nitrogens with zero attached hydrogens (tertiary/aromatic N) is 1. The minimum Gasteiger partial charge on any atom is -0.493 e. The van der Waals surface area contributed by atoms with E-state index in [1.807, 2.05) is 24.3 Å². The number of pyridine rings is 1. The smallest absolute Gasteiger partial charge is 0.225 e. The van der Waals surface area contributed by atoms with E-state index < -0.39 is 0 Å². The summed E-state index contributed by atoms with van der Waals surface area (Å²) in [5, 5.41) is 12.1. The average Bonchev–Trinajstić information content (AvgIpc) is 2.55. The van der Waals surface area contributed by atoms with Crippen LogP contribution in [0.4, 0.5) is 5.69 Å². The van der Waals surface area contributed by atoms with Crippen molar-refractivity contribution in [1.82, 2.24) is 4.98 Å². The highest BCUT2D eigenvalue weighted by atomic mass is 16.5. The quantitative estimate of drug-likeness (QED) is 0.909. The van der Waals surface area contributed by atoms with Crippen molar-refractivity contribution in [3.63, 3.8) is 0 Å². The van der Waals surface area contributed by atoms with Crippen molar-refractivity contribution in [3.8, 4) is 5.75 Å². The predicted molar refractivity (Wildman–Crippen MR) is 82.7 cm³/mol. The number of amides is 1. The molecule has 5 nitrogen and oxygen atoms in total. The van der Waals surface area contributed by atoms with E-state index in [1.54, 1.807) is 18.5 Å². The summed E-state index contributed by atoms with van der Waals surface area (Å²) in [5.74, 6) is 0.938. The minimum absolute atomic E-state index is 0.0793. The van der Waals surface area contributed by atoms with Crippen molar-refractivity contribution in [2.75, 3.05) is 11.9 Å². The topological polar surface area (TPSA) is 71.5 Å². The van der Waals surface area contributed by atoms with Crippen molar-refractivity contribution in [1.29, 1.82) is 0 Å². The van der Waals surface area contributed by atoms with E-state index in [2.05, 4.69) is 10.3 Å². The number of hydrogen-bond donors (Lipinski definition) is 2. The summed E-state index contributed by atoms with van der Waals surface area (Å²) in [6.07, 6.45) is 4.36. The molecule has 1 aliphatic heterocycles. The molecule has 1 aromatic heterocycles. The van der Waals surface area contributed by atoms with Gasteiger partial charge in [-0.3, -0.25) is 9.78 Å². The van der Waals surface area contributed by atoms with Gasteiger partial charge in [-0.15, -0.1) is 0 Å². The summed E-state index contributed by atoms with van der Waals surface area (Å²) >= 11 is 0. The maximum Gasteiger partial charge on any atom is 0.225 e. The van der Waals surface area contributed by atoms with Crippen molar-refractivity contribution in [3.05, 3.63) is 53.9 Å². The Morgan fingerprint density at radius 3 is 3.09 bits per heavy atom. The highest BCUT2D eigenvalue weighted by Crippen LogP contribution is 2.35. The molecule has 22 heavy (non-hydrogen) atoms. The number of carbonyl (C=O) groups is 1. The Bertz CT molecular complexity index is 672. The predicted octanol–water partition coefficient (Wildman–Crippen LogP) is 2.47. The molecular weight excluding hydrogens is 280 g/mol. The third-order valence-electron chi connectivity index (χ3n) is 3.87. The normalized spacial score (nSPS) is 16.5. The summed E-state index contributed by atoms with van der Waals surface area (Å²) in [5.41, 5.74) is 2.31. The number of aliphatic hydroxyl groups excluding tert-OH is 1. The number of anilines is 1. The van der Waals surface area contributed by atoms with Crippen LogP contribution in [0.3, 0.4) is 0 Å². The second-order valence-electron chi connectivity index (χ2n) is 5.32. The molecule has 1 aliphatic rings. The van der Waals surface area contributed by atoms with Gasteiger partial charge in [0, 0.05) is 18.2 Å². The summed E-state index contributed by atoms with van der Waals surface area (Å²) < 4.78 is 5.62. The first-order valence-corrected chi connectivity index (χ1v) is 7.33. The fourth-order valence-electron chi connectivity index (χ4n) is 2.73. The number of carbonyl (C=O) groups excluding carboxylic acids is 1. The zero-order chi connectivity index (χ0) is 15.4. The average molecular weight is 298 g/mol. The number of aliphatic hydroxyl groups is 1. The van der Waals surface area contributed by atoms with Crippen LogP contribution in [0, 0.1) is 0 Å². The zero-order valence-electron chi connectivity index (χ0n) is 12.2. The van der Waals surface area contributed by atoms with Gasteiger partial charge in [0.1, 0.15) is 5.75 Å². The lowest BCUT2D eigenvalue weighted by Gasteiger charge is -2.25. The highest BCUT2D eigenvalue weighted by molar-refractivity contribution is 5.91. The third kappa shape index (κ3) is 3.09. The number of nitrogens with one attached hydrogen (secondary N) is 1. The highest BCUT2D eigenvalue weighted by Gasteiger charge is 2.23. The van der Waals surface area contributed by atoms with Gasteiger partial charge in [-0.25, -0.2) is 0 Å². The van der Waals surface area contributed by atoms with Crippen LogP contribution in [0.2, 0.25) is 0 Å². The summed E-state index contributed by atoms with van der Waals surface area (Å²) in [4.78, 5) is 16.3. The Hall–Kier alpha value is -2.40. The Kier molecular flexibility index (Phi) is 4.34. The monoisotopic (exact) mass is 298 g/mol. The van der Waals surface area contributed by atoms with Crippen LogP contribution in [0.5, 0.6) is 5.75 Å². The molecule has 1 atom stereocenters. The van der Waals surface area contributed by atoms with E-state index in [9.17, 15) is 9.90 Å². The molecule has 1 amide bonds. The minimum atomic E-state index is -0.127. The van der Waals surface area contributed by atoms with E-state index in [0.29, 0.717) is 24.3 Å². The fourth-order valence-corrected chi connectivity index (χ4v) is 2.73. The van der Waals surface area contributed by atoms with E-state index >= 15 is 0 Å². The van der Waals surface area contributed by atoms with Gasteiger partial charge in [0.15, 0.2) is 0 Å². The molecule has 0 fully saturated rings. The number of rotatable bonds is 4. The van der Waals surface area contributed by atoms with Gasteiger partial charge < -0.3 is 15.2 Å². The maximum absolute atomic E-state index is 12.3. The van der Waals surface area contributed by atoms with E-state index in [4.69, 9.17) is 4.74 Å². The van der Waals surface area contributed by atoms with Gasteiger partial charge in [-0.2, -0.15) is 0 Å². The zero-order valence-corrected chi connectivity index (χ0v) is 12.2. The van der Waals surface area contributed by atoms with Gasteiger partial charge in [-0.1, -0.05) is 18.2 Å². The molecule has 2 heterocycles. The number of hydrogen-bond acceptors (Lipinski definition) is 4. The molecular formula is C17H18N2O3. The van der Waals surface area contributed by atoms with Crippen molar-refractivity contribution in [2.45, 2.75) is 25.4 Å². The molecule has 0 bridgehead atoms. The molecule has 0 saturated heterocycles. The van der Waals surface area contributed by atoms with Crippen molar-refractivity contribution in [2.24, 2.45) is 0 Å². The van der Waals surface area contributed by atoms with E-state index in [1.165, 1.54) is 0 Å². The molecule has 0 spiro atoms. The van der Waals surface area contributed by atoms with Crippen LogP contribution < -0.4 is 10.1 Å². The first-order valence-electron chi connectivity index (χ1n) is 7.33. The van der Waals surface area contributed by atoms with E-state index in [-0.39, 0.29) is 18.4 Å². The fraction of sp³-hybridized carbons (Fsp3) is 0.294. The maximum atomic E-state index is 12.3. The molecule has 0 saturated carbocycles. The molecule has 2 N–H and O–H groups in total. The Balaban J connectivity index is 1.70. The van der Waals surface area contributed by atoms with Crippen molar-refractivity contribution < 1.29 is 14.6 Å². The molecule has 0 aliphatic carbocycles. The van der Waals surface area contributed by atoms with E-state index in [0.717, 1.165) is 17.7 Å². The molecule has 3 rings (SSSR count). The third-order valence-corrected chi connectivity index (χ3v) is 3.87. The first-order chi connectivity index (χ1) is 10.8. The Morgan fingerprint density at radius 1 is 1.36 bits per heavy atom. The number of aromatic nitrogens is 1. The SMILES string of the molecule is O=C(CC1CCOc2ccccc21)Nc1cnccc1CO. The lowest BCUT2D eigenvalue weighted by Crippen LogP contribution is -2.21. The summed E-state index contributed by atoms with van der Waals surface area (Å²) in [6, 6.07) is 9.53.